The predicted octanol–water partition coefficient (Wildman–Crippen LogP) is 4.35. The van der Waals surface area contributed by atoms with Crippen LogP contribution in [0.3, 0.4) is 0 Å². The van der Waals surface area contributed by atoms with E-state index >= 15 is 0 Å². The Hall–Kier alpha value is -2.25. The fourth-order valence-corrected chi connectivity index (χ4v) is 4.47. The summed E-state index contributed by atoms with van der Waals surface area (Å²) < 4.78 is 25.3. The maximum absolute atomic E-state index is 12.4. The maximum Gasteiger partial charge on any atom is 0.257 e. The first-order chi connectivity index (χ1) is 12.2. The minimum atomic E-state index is -3.35. The highest BCUT2D eigenvalue weighted by Gasteiger charge is 2.19. The molecule has 0 radical (unpaired) electrons. The van der Waals surface area contributed by atoms with Gasteiger partial charge in [0.15, 0.2) is 15.0 Å². The summed E-state index contributed by atoms with van der Waals surface area (Å²) in [5.41, 5.74) is 3.58. The van der Waals surface area contributed by atoms with Crippen molar-refractivity contribution in [1.82, 2.24) is 4.98 Å². The quantitative estimate of drug-likeness (QED) is 0.721. The normalized spacial score (nSPS) is 11.9. The van der Waals surface area contributed by atoms with Gasteiger partial charge in [-0.05, 0) is 75.2 Å². The molecule has 0 atom stereocenters. The van der Waals surface area contributed by atoms with Gasteiger partial charge in [0.05, 0.1) is 20.4 Å². The number of amides is 1. The number of rotatable bonds is 4. The van der Waals surface area contributed by atoms with Gasteiger partial charge in [-0.15, -0.1) is 0 Å². The molecule has 0 aliphatic rings. The topological polar surface area (TPSA) is 76.1 Å². The summed E-state index contributed by atoms with van der Waals surface area (Å²) >= 11 is 1.42. The average molecular weight is 389 g/mol. The number of aryl methyl sites for hydroxylation is 2. The van der Waals surface area contributed by atoms with Gasteiger partial charge in [0, 0.05) is 5.56 Å². The van der Waals surface area contributed by atoms with Crippen LogP contribution >= 0.6 is 11.3 Å². The Morgan fingerprint density at radius 2 is 1.69 bits per heavy atom. The average Bonchev–Trinajstić information content (AvgIpc) is 2.96. The van der Waals surface area contributed by atoms with Gasteiger partial charge in [-0.2, -0.15) is 0 Å². The van der Waals surface area contributed by atoms with Crippen molar-refractivity contribution in [1.29, 1.82) is 0 Å². The molecule has 1 amide bonds. The molecule has 0 aliphatic carbocycles. The first kappa shape index (κ1) is 18.5. The number of carbonyl (C=O) groups excluding carboxylic acids is 1. The van der Waals surface area contributed by atoms with Gasteiger partial charge >= 0.3 is 0 Å². The largest absolute Gasteiger partial charge is 0.298 e. The number of thiazole rings is 1. The number of benzene rings is 2. The molecule has 3 rings (SSSR count). The molecule has 1 N–H and O–H groups in total. The monoisotopic (exact) mass is 388 g/mol. The Kier molecular flexibility index (Phi) is 4.86. The lowest BCUT2D eigenvalue weighted by Crippen LogP contribution is -2.15. The van der Waals surface area contributed by atoms with Crippen LogP contribution in [0.2, 0.25) is 0 Å². The van der Waals surface area contributed by atoms with Crippen molar-refractivity contribution in [3.05, 3.63) is 53.1 Å². The molecule has 0 fully saturated rings. The Bertz CT molecular complexity index is 1040. The van der Waals surface area contributed by atoms with Crippen LogP contribution < -0.4 is 5.32 Å². The summed E-state index contributed by atoms with van der Waals surface area (Å²) in [7, 11) is -3.35. The summed E-state index contributed by atoms with van der Waals surface area (Å²) in [4.78, 5) is 17.1. The number of sulfone groups is 1. The minimum Gasteiger partial charge on any atom is -0.298 e. The molecule has 0 saturated heterocycles. The smallest absolute Gasteiger partial charge is 0.257 e. The first-order valence-corrected chi connectivity index (χ1v) is 10.6. The number of hydrogen-bond donors (Lipinski definition) is 1. The lowest BCUT2D eigenvalue weighted by Gasteiger charge is -2.08. The molecule has 3 aromatic rings. The number of carbonyl (C=O) groups is 1. The first-order valence-electron chi connectivity index (χ1n) is 8.21. The van der Waals surface area contributed by atoms with E-state index in [9.17, 15) is 13.2 Å². The van der Waals surface area contributed by atoms with Gasteiger partial charge in [-0.3, -0.25) is 10.1 Å². The van der Waals surface area contributed by atoms with Crippen LogP contribution in [0, 0.1) is 13.8 Å². The Morgan fingerprint density at radius 3 is 2.31 bits per heavy atom. The lowest BCUT2D eigenvalue weighted by molar-refractivity contribution is 0.102. The van der Waals surface area contributed by atoms with Crippen LogP contribution in [0.15, 0.2) is 41.3 Å². The van der Waals surface area contributed by atoms with E-state index in [1.165, 1.54) is 41.2 Å². The highest BCUT2D eigenvalue weighted by Crippen LogP contribution is 2.28. The number of anilines is 1. The number of nitrogens with one attached hydrogen (secondary N) is 1. The van der Waals surface area contributed by atoms with Crippen LogP contribution in [0.5, 0.6) is 0 Å². The highest BCUT2D eigenvalue weighted by molar-refractivity contribution is 7.92. The molecular weight excluding hydrogens is 368 g/mol. The number of hydrogen-bond acceptors (Lipinski definition) is 5. The fourth-order valence-electron chi connectivity index (χ4n) is 2.47. The standard InChI is InChI=1S/C19H20N2O3S2/c1-11(2)26(23,24)15-7-5-14(6-8-15)18(22)21-19-20-16-9-12(3)13(4)10-17(16)25-19/h5-11H,1-4H3,(H,20,21,22). The number of fused-ring (bicyclic) bond motifs is 1. The summed E-state index contributed by atoms with van der Waals surface area (Å²) in [5.74, 6) is -0.314. The molecule has 0 unspecified atom stereocenters. The SMILES string of the molecule is Cc1cc2nc(NC(=O)c3ccc(S(=O)(=O)C(C)C)cc3)sc2cc1C. The lowest BCUT2D eigenvalue weighted by atomic mass is 10.1. The van der Waals surface area contributed by atoms with Crippen LogP contribution in [0.25, 0.3) is 10.2 Å². The van der Waals surface area contributed by atoms with Crippen molar-refractivity contribution in [3.8, 4) is 0 Å². The summed E-state index contributed by atoms with van der Waals surface area (Å²) in [6, 6.07) is 10.0. The van der Waals surface area contributed by atoms with Gasteiger partial charge < -0.3 is 0 Å². The molecule has 0 bridgehead atoms. The van der Waals surface area contributed by atoms with Crippen molar-refractivity contribution in [2.45, 2.75) is 37.8 Å². The van der Waals surface area contributed by atoms with Crippen LogP contribution in [0.4, 0.5) is 5.13 Å². The third-order valence-electron chi connectivity index (χ3n) is 4.29. The fraction of sp³-hybridized carbons (Fsp3) is 0.263. The second-order valence-corrected chi connectivity index (χ2v) is 10.0. The van der Waals surface area contributed by atoms with E-state index in [4.69, 9.17) is 0 Å². The van der Waals surface area contributed by atoms with Gasteiger partial charge in [-0.1, -0.05) is 11.3 Å². The van der Waals surface area contributed by atoms with Crippen molar-refractivity contribution >= 4 is 42.4 Å². The van der Waals surface area contributed by atoms with Crippen LogP contribution in [-0.2, 0) is 9.84 Å². The molecule has 136 valence electrons. The zero-order valence-corrected chi connectivity index (χ0v) is 16.7. The summed E-state index contributed by atoms with van der Waals surface area (Å²) in [6.45, 7) is 7.33. The molecule has 2 aromatic carbocycles. The van der Waals surface area contributed by atoms with Crippen molar-refractivity contribution in [3.63, 3.8) is 0 Å². The van der Waals surface area contributed by atoms with Crippen molar-refractivity contribution in [2.24, 2.45) is 0 Å². The molecule has 26 heavy (non-hydrogen) atoms. The van der Waals surface area contributed by atoms with Crippen molar-refractivity contribution in [2.75, 3.05) is 5.32 Å². The van der Waals surface area contributed by atoms with Crippen LogP contribution in [0.1, 0.15) is 35.3 Å². The van der Waals surface area contributed by atoms with E-state index in [1.807, 2.05) is 19.9 Å². The van der Waals surface area contributed by atoms with Gasteiger partial charge in [0.2, 0.25) is 0 Å². The maximum atomic E-state index is 12.4. The Balaban J connectivity index is 1.82. The van der Waals surface area contributed by atoms with E-state index in [1.54, 1.807) is 13.8 Å². The summed E-state index contributed by atoms with van der Waals surface area (Å²) in [5, 5.41) is 2.81. The third-order valence-corrected chi connectivity index (χ3v) is 7.39. The molecule has 1 aromatic heterocycles. The van der Waals surface area contributed by atoms with Gasteiger partial charge in [-0.25, -0.2) is 13.4 Å². The van der Waals surface area contributed by atoms with Gasteiger partial charge in [0.25, 0.3) is 5.91 Å². The van der Waals surface area contributed by atoms with E-state index in [0.29, 0.717) is 10.7 Å². The second kappa shape index (κ2) is 6.81. The number of aromatic nitrogens is 1. The second-order valence-electron chi connectivity index (χ2n) is 6.50. The minimum absolute atomic E-state index is 0.218. The van der Waals surface area contributed by atoms with E-state index < -0.39 is 15.1 Å². The van der Waals surface area contributed by atoms with Crippen LogP contribution in [-0.4, -0.2) is 24.6 Å². The molecule has 0 aliphatic heterocycles. The molecule has 1 heterocycles. The van der Waals surface area contributed by atoms with Crippen molar-refractivity contribution < 1.29 is 13.2 Å². The zero-order chi connectivity index (χ0) is 19.1. The van der Waals surface area contributed by atoms with E-state index in [2.05, 4.69) is 16.4 Å². The molecule has 0 saturated carbocycles. The van der Waals surface area contributed by atoms with Gasteiger partial charge in [0.1, 0.15) is 0 Å². The molecule has 7 heteroatoms. The molecular formula is C19H20N2O3S2. The Morgan fingerprint density at radius 1 is 1.08 bits per heavy atom. The Labute approximate surface area is 157 Å². The third kappa shape index (κ3) is 3.50. The molecule has 0 spiro atoms. The summed E-state index contributed by atoms with van der Waals surface area (Å²) in [6.07, 6.45) is 0. The van der Waals surface area contributed by atoms with E-state index in [-0.39, 0.29) is 10.8 Å². The van der Waals surface area contributed by atoms with E-state index in [0.717, 1.165) is 15.8 Å². The number of nitrogens with zero attached hydrogens (tertiary/aromatic N) is 1. The highest BCUT2D eigenvalue weighted by atomic mass is 32.2. The molecule has 5 nitrogen and oxygen atoms in total. The predicted molar refractivity (Wildman–Crippen MR) is 106 cm³/mol. The zero-order valence-electron chi connectivity index (χ0n) is 15.0.